The van der Waals surface area contributed by atoms with E-state index in [0.29, 0.717) is 12.0 Å². The maximum atomic E-state index is 12.6. The summed E-state index contributed by atoms with van der Waals surface area (Å²) < 4.78 is 17.3. The standard InChI is InChI=1S/C11H13FO3/c1-2-7-15-11(14)10(13)8-3-5-9(12)6-4-8/h3-6,10,13H,2,7H2,1H3. The van der Waals surface area contributed by atoms with E-state index in [2.05, 4.69) is 0 Å². The van der Waals surface area contributed by atoms with Crippen LogP contribution in [0.4, 0.5) is 4.39 Å². The molecule has 0 aromatic heterocycles. The van der Waals surface area contributed by atoms with Crippen LogP contribution in [0.15, 0.2) is 24.3 Å². The van der Waals surface area contributed by atoms with Crippen LogP contribution in [0.5, 0.6) is 0 Å². The molecule has 1 aromatic carbocycles. The van der Waals surface area contributed by atoms with Crippen molar-refractivity contribution >= 4 is 5.97 Å². The first-order valence-electron chi connectivity index (χ1n) is 4.75. The molecule has 1 N–H and O–H groups in total. The Labute approximate surface area is 87.5 Å². The Kier molecular flexibility index (Phi) is 4.24. The summed E-state index contributed by atoms with van der Waals surface area (Å²) in [6.07, 6.45) is -0.640. The van der Waals surface area contributed by atoms with Crippen molar-refractivity contribution in [2.24, 2.45) is 0 Å². The van der Waals surface area contributed by atoms with E-state index in [4.69, 9.17) is 4.74 Å². The average molecular weight is 212 g/mol. The number of aliphatic hydroxyl groups is 1. The van der Waals surface area contributed by atoms with Gasteiger partial charge in [0.15, 0.2) is 6.10 Å². The van der Waals surface area contributed by atoms with Crippen LogP contribution in [-0.2, 0) is 9.53 Å². The van der Waals surface area contributed by atoms with Crippen molar-refractivity contribution < 1.29 is 19.0 Å². The number of benzene rings is 1. The summed E-state index contributed by atoms with van der Waals surface area (Å²) in [7, 11) is 0. The van der Waals surface area contributed by atoms with Crippen LogP contribution in [0.25, 0.3) is 0 Å². The van der Waals surface area contributed by atoms with Gasteiger partial charge in [0.1, 0.15) is 5.82 Å². The molecule has 0 saturated heterocycles. The average Bonchev–Trinajstić information content (AvgIpc) is 2.26. The van der Waals surface area contributed by atoms with Gasteiger partial charge in [-0.05, 0) is 24.1 Å². The minimum atomic E-state index is -1.34. The minimum absolute atomic E-state index is 0.275. The van der Waals surface area contributed by atoms with Gasteiger partial charge in [0.05, 0.1) is 6.61 Å². The molecule has 1 unspecified atom stereocenters. The summed E-state index contributed by atoms with van der Waals surface area (Å²) >= 11 is 0. The second-order valence-electron chi connectivity index (χ2n) is 3.12. The number of halogens is 1. The number of esters is 1. The number of hydrogen-bond acceptors (Lipinski definition) is 3. The SMILES string of the molecule is CCCOC(=O)C(O)c1ccc(F)cc1. The lowest BCUT2D eigenvalue weighted by atomic mass is 10.1. The Bertz CT molecular complexity index is 321. The van der Waals surface area contributed by atoms with Crippen molar-refractivity contribution in [2.45, 2.75) is 19.4 Å². The third kappa shape index (κ3) is 3.32. The van der Waals surface area contributed by atoms with E-state index in [0.717, 1.165) is 0 Å². The molecule has 0 bridgehead atoms. The monoisotopic (exact) mass is 212 g/mol. The van der Waals surface area contributed by atoms with Gasteiger partial charge in [-0.25, -0.2) is 9.18 Å². The molecule has 15 heavy (non-hydrogen) atoms. The second-order valence-corrected chi connectivity index (χ2v) is 3.12. The van der Waals surface area contributed by atoms with Gasteiger partial charge in [-0.2, -0.15) is 0 Å². The van der Waals surface area contributed by atoms with Crippen molar-refractivity contribution in [2.75, 3.05) is 6.61 Å². The Morgan fingerprint density at radius 3 is 2.60 bits per heavy atom. The fourth-order valence-electron chi connectivity index (χ4n) is 1.06. The highest BCUT2D eigenvalue weighted by molar-refractivity contribution is 5.76. The summed E-state index contributed by atoms with van der Waals surface area (Å²) in [5, 5.41) is 9.51. The van der Waals surface area contributed by atoms with E-state index >= 15 is 0 Å². The van der Waals surface area contributed by atoms with Gasteiger partial charge in [-0.3, -0.25) is 0 Å². The molecule has 3 nitrogen and oxygen atoms in total. The van der Waals surface area contributed by atoms with Gasteiger partial charge in [0.25, 0.3) is 0 Å². The maximum absolute atomic E-state index is 12.6. The van der Waals surface area contributed by atoms with Crippen LogP contribution >= 0.6 is 0 Å². The Morgan fingerprint density at radius 1 is 1.47 bits per heavy atom. The summed E-state index contributed by atoms with van der Waals surface area (Å²) in [4.78, 5) is 11.2. The van der Waals surface area contributed by atoms with E-state index in [1.54, 1.807) is 0 Å². The molecule has 4 heteroatoms. The third-order valence-corrected chi connectivity index (χ3v) is 1.86. The van der Waals surface area contributed by atoms with Crippen LogP contribution in [0.3, 0.4) is 0 Å². The molecule has 1 atom stereocenters. The molecule has 0 radical (unpaired) electrons. The first-order chi connectivity index (χ1) is 7.15. The van der Waals surface area contributed by atoms with Crippen LogP contribution in [-0.4, -0.2) is 17.7 Å². The van der Waals surface area contributed by atoms with Gasteiger partial charge in [0.2, 0.25) is 0 Å². The zero-order valence-electron chi connectivity index (χ0n) is 8.44. The molecular formula is C11H13FO3. The molecule has 0 saturated carbocycles. The Balaban J connectivity index is 2.63. The van der Waals surface area contributed by atoms with Crippen molar-refractivity contribution in [3.8, 4) is 0 Å². The highest BCUT2D eigenvalue weighted by Crippen LogP contribution is 2.14. The Hall–Kier alpha value is -1.42. The number of ether oxygens (including phenoxy) is 1. The van der Waals surface area contributed by atoms with E-state index in [1.807, 2.05) is 6.92 Å². The van der Waals surface area contributed by atoms with Crippen molar-refractivity contribution in [3.05, 3.63) is 35.6 Å². The molecule has 0 aliphatic carbocycles. The number of hydrogen-bond donors (Lipinski definition) is 1. The smallest absolute Gasteiger partial charge is 0.339 e. The van der Waals surface area contributed by atoms with E-state index < -0.39 is 17.9 Å². The first kappa shape index (κ1) is 11.7. The van der Waals surface area contributed by atoms with Crippen LogP contribution in [0.2, 0.25) is 0 Å². The highest BCUT2D eigenvalue weighted by Gasteiger charge is 2.18. The molecule has 0 amide bonds. The van der Waals surface area contributed by atoms with Gasteiger partial charge < -0.3 is 9.84 Å². The minimum Gasteiger partial charge on any atom is -0.464 e. The molecular weight excluding hydrogens is 199 g/mol. The molecule has 0 spiro atoms. The van der Waals surface area contributed by atoms with Crippen LogP contribution in [0, 0.1) is 5.82 Å². The van der Waals surface area contributed by atoms with Crippen molar-refractivity contribution in [3.63, 3.8) is 0 Å². The predicted molar refractivity (Wildman–Crippen MR) is 52.6 cm³/mol. The van der Waals surface area contributed by atoms with Crippen molar-refractivity contribution in [1.82, 2.24) is 0 Å². The molecule has 82 valence electrons. The highest BCUT2D eigenvalue weighted by atomic mass is 19.1. The second kappa shape index (κ2) is 5.46. The number of carbonyl (C=O) groups is 1. The summed E-state index contributed by atoms with van der Waals surface area (Å²) in [5.74, 6) is -1.11. The molecule has 0 aliphatic rings. The van der Waals surface area contributed by atoms with Gasteiger partial charge in [-0.15, -0.1) is 0 Å². The van der Waals surface area contributed by atoms with E-state index in [-0.39, 0.29) is 6.61 Å². The van der Waals surface area contributed by atoms with E-state index in [1.165, 1.54) is 24.3 Å². The lowest BCUT2D eigenvalue weighted by Gasteiger charge is -2.09. The fraction of sp³-hybridized carbons (Fsp3) is 0.364. The zero-order valence-corrected chi connectivity index (χ0v) is 8.44. The van der Waals surface area contributed by atoms with Gasteiger partial charge in [0, 0.05) is 0 Å². The number of carbonyl (C=O) groups excluding carboxylic acids is 1. The van der Waals surface area contributed by atoms with Crippen LogP contribution in [0.1, 0.15) is 25.0 Å². The van der Waals surface area contributed by atoms with E-state index in [9.17, 15) is 14.3 Å². The molecule has 1 aromatic rings. The Morgan fingerprint density at radius 2 is 2.07 bits per heavy atom. The summed E-state index contributed by atoms with van der Waals surface area (Å²) in [6, 6.07) is 5.08. The molecule has 0 fully saturated rings. The largest absolute Gasteiger partial charge is 0.464 e. The lowest BCUT2D eigenvalue weighted by Crippen LogP contribution is -2.15. The first-order valence-corrected chi connectivity index (χ1v) is 4.75. The van der Waals surface area contributed by atoms with Gasteiger partial charge in [-0.1, -0.05) is 19.1 Å². The third-order valence-electron chi connectivity index (χ3n) is 1.86. The topological polar surface area (TPSA) is 46.5 Å². The molecule has 1 rings (SSSR count). The summed E-state index contributed by atoms with van der Waals surface area (Å²) in [6.45, 7) is 2.13. The predicted octanol–water partition coefficient (Wildman–Crippen LogP) is 1.81. The van der Waals surface area contributed by atoms with Crippen molar-refractivity contribution in [1.29, 1.82) is 0 Å². The fourth-order valence-corrected chi connectivity index (χ4v) is 1.06. The maximum Gasteiger partial charge on any atom is 0.339 e. The lowest BCUT2D eigenvalue weighted by molar-refractivity contribution is -0.153. The van der Waals surface area contributed by atoms with Gasteiger partial charge >= 0.3 is 5.97 Å². The number of rotatable bonds is 4. The molecule has 0 heterocycles. The zero-order chi connectivity index (χ0) is 11.3. The van der Waals surface area contributed by atoms with Crippen LogP contribution < -0.4 is 0 Å². The summed E-state index contributed by atoms with van der Waals surface area (Å²) in [5.41, 5.74) is 0.331. The molecule has 0 aliphatic heterocycles. The quantitative estimate of drug-likeness (QED) is 0.774. The normalized spacial score (nSPS) is 12.2. The number of aliphatic hydroxyl groups excluding tert-OH is 1.